The van der Waals surface area contributed by atoms with Crippen LogP contribution in [-0.4, -0.2) is 96.7 Å². The summed E-state index contributed by atoms with van der Waals surface area (Å²) in [6.07, 6.45) is 52.9. The van der Waals surface area contributed by atoms with Gasteiger partial charge in [0.05, 0.1) is 26.4 Å². The van der Waals surface area contributed by atoms with Crippen LogP contribution in [0.2, 0.25) is 0 Å². The molecule has 3 N–H and O–H groups in total. The standard InChI is InChI=1S/C76H148O17P2/c1-8-10-11-12-13-14-15-16-17-18-19-20-21-22-23-24-31-36-45-52-59-75(80)92-71(63-86-73(78)57-50-43-35-30-26-25-29-34-42-49-56-69(7)9-2)65-90-94(82,83)88-61-70(77)62-89-95(84,85)91-66-72(64-87-74(79)58-51-44-39-38-41-48-55-68(5)6)93-76(81)60-53-46-37-32-27-28-33-40-47-54-67(3)4/h67-72,77H,8-66H2,1-7H3,(H,82,83)(H,84,85)/t69?,70-,71-,72-/m1/s1. The van der Waals surface area contributed by atoms with Crippen LogP contribution < -0.4 is 0 Å². The van der Waals surface area contributed by atoms with Gasteiger partial charge in [-0.1, -0.05) is 337 Å². The molecule has 0 aliphatic heterocycles. The van der Waals surface area contributed by atoms with Crippen molar-refractivity contribution in [3.63, 3.8) is 0 Å². The molecule has 0 aromatic rings. The number of rotatable bonds is 74. The number of phosphoric ester groups is 2. The van der Waals surface area contributed by atoms with E-state index in [2.05, 4.69) is 48.5 Å². The second kappa shape index (κ2) is 66.6. The van der Waals surface area contributed by atoms with E-state index in [9.17, 15) is 43.2 Å². The molecule has 6 atom stereocenters. The summed E-state index contributed by atoms with van der Waals surface area (Å²) in [5.41, 5.74) is 0. The summed E-state index contributed by atoms with van der Waals surface area (Å²) in [5, 5.41) is 10.6. The summed E-state index contributed by atoms with van der Waals surface area (Å²) >= 11 is 0. The Balaban J connectivity index is 5.22. The van der Waals surface area contributed by atoms with Gasteiger partial charge in [0, 0.05) is 25.7 Å². The second-order valence-corrected chi connectivity index (χ2v) is 31.5. The monoisotopic (exact) mass is 1400 g/mol. The lowest BCUT2D eigenvalue weighted by Crippen LogP contribution is -2.30. The summed E-state index contributed by atoms with van der Waals surface area (Å²) in [6.45, 7) is 11.8. The van der Waals surface area contributed by atoms with Crippen LogP contribution in [0.25, 0.3) is 0 Å². The van der Waals surface area contributed by atoms with Crippen molar-refractivity contribution in [2.24, 2.45) is 17.8 Å². The number of esters is 4. The molecule has 95 heavy (non-hydrogen) atoms. The zero-order chi connectivity index (χ0) is 70.1. The molecule has 0 aromatic heterocycles. The summed E-state index contributed by atoms with van der Waals surface area (Å²) in [7, 11) is -9.91. The van der Waals surface area contributed by atoms with Gasteiger partial charge in [0.15, 0.2) is 12.2 Å². The van der Waals surface area contributed by atoms with E-state index in [1.807, 2.05) is 0 Å². The predicted octanol–water partition coefficient (Wildman–Crippen LogP) is 22.2. The first-order valence-corrected chi connectivity index (χ1v) is 42.4. The van der Waals surface area contributed by atoms with E-state index in [4.69, 9.17) is 37.0 Å². The van der Waals surface area contributed by atoms with Crippen molar-refractivity contribution in [1.82, 2.24) is 0 Å². The topological polar surface area (TPSA) is 237 Å². The number of hydrogen-bond acceptors (Lipinski definition) is 15. The molecule has 0 rings (SSSR count). The molecule has 17 nitrogen and oxygen atoms in total. The van der Waals surface area contributed by atoms with Gasteiger partial charge in [0.2, 0.25) is 0 Å². The molecule has 564 valence electrons. The van der Waals surface area contributed by atoms with Crippen LogP contribution in [0.5, 0.6) is 0 Å². The SMILES string of the molecule is CCCCCCCCCCCCCCCCCCCCCCC(=O)O[C@H](COC(=O)CCCCCCCCCCCCC(C)CC)COP(=O)(O)OC[C@@H](O)COP(=O)(O)OC[C@@H](COC(=O)CCCCCCCCC(C)C)OC(=O)CCCCCCCCCCCC(C)C. The van der Waals surface area contributed by atoms with Gasteiger partial charge in [-0.3, -0.25) is 37.3 Å². The third-order valence-electron chi connectivity index (χ3n) is 18.0. The number of unbranched alkanes of at least 4 members (excludes halogenated alkanes) is 41. The van der Waals surface area contributed by atoms with Gasteiger partial charge in [-0.2, -0.15) is 0 Å². The second-order valence-electron chi connectivity index (χ2n) is 28.6. The molecule has 0 amide bonds. The Kier molecular flexibility index (Phi) is 65.2. The minimum atomic E-state index is -4.96. The summed E-state index contributed by atoms with van der Waals surface area (Å²) in [6, 6.07) is 0. The van der Waals surface area contributed by atoms with Crippen LogP contribution >= 0.6 is 15.6 Å². The Bertz CT molecular complexity index is 1850. The number of aliphatic hydroxyl groups excluding tert-OH is 1. The number of hydrogen-bond donors (Lipinski definition) is 3. The highest BCUT2D eigenvalue weighted by Gasteiger charge is 2.30. The van der Waals surface area contributed by atoms with Crippen molar-refractivity contribution in [3.8, 4) is 0 Å². The molecule has 0 saturated heterocycles. The van der Waals surface area contributed by atoms with Gasteiger partial charge in [0.25, 0.3) is 0 Å². The molecule has 0 fully saturated rings. The molecule has 0 spiro atoms. The maximum absolute atomic E-state index is 13.1. The van der Waals surface area contributed by atoms with Crippen molar-refractivity contribution < 1.29 is 80.2 Å². The minimum absolute atomic E-state index is 0.104. The average Bonchev–Trinajstić information content (AvgIpc) is 1.27. The van der Waals surface area contributed by atoms with Crippen LogP contribution in [0.4, 0.5) is 0 Å². The number of carbonyl (C=O) groups excluding carboxylic acids is 4. The van der Waals surface area contributed by atoms with E-state index in [1.54, 1.807) is 0 Å². The van der Waals surface area contributed by atoms with Gasteiger partial charge in [0.1, 0.15) is 19.3 Å². The average molecular weight is 1400 g/mol. The molecular formula is C76H148O17P2. The highest BCUT2D eigenvalue weighted by Crippen LogP contribution is 2.45. The summed E-state index contributed by atoms with van der Waals surface area (Å²) < 4.78 is 68.5. The van der Waals surface area contributed by atoms with Gasteiger partial charge < -0.3 is 33.8 Å². The maximum atomic E-state index is 13.1. The summed E-state index contributed by atoms with van der Waals surface area (Å²) in [5.74, 6) is 0.104. The first-order valence-electron chi connectivity index (χ1n) is 39.4. The van der Waals surface area contributed by atoms with Gasteiger partial charge in [-0.25, -0.2) is 9.13 Å². The molecule has 0 heterocycles. The molecule has 0 bridgehead atoms. The van der Waals surface area contributed by atoms with Crippen LogP contribution in [0.3, 0.4) is 0 Å². The van der Waals surface area contributed by atoms with Crippen LogP contribution in [0, 0.1) is 17.8 Å². The fourth-order valence-electron chi connectivity index (χ4n) is 11.6. The fraction of sp³-hybridized carbons (Fsp3) is 0.947. The van der Waals surface area contributed by atoms with Crippen molar-refractivity contribution in [1.29, 1.82) is 0 Å². The number of carbonyl (C=O) groups is 4. The molecule has 0 radical (unpaired) electrons. The first kappa shape index (κ1) is 93.1. The lowest BCUT2D eigenvalue weighted by Gasteiger charge is -2.21. The third kappa shape index (κ3) is 69.0. The van der Waals surface area contributed by atoms with E-state index >= 15 is 0 Å². The van der Waals surface area contributed by atoms with E-state index in [1.165, 1.54) is 193 Å². The predicted molar refractivity (Wildman–Crippen MR) is 386 cm³/mol. The van der Waals surface area contributed by atoms with Crippen molar-refractivity contribution in [3.05, 3.63) is 0 Å². The first-order chi connectivity index (χ1) is 45.8. The van der Waals surface area contributed by atoms with Crippen molar-refractivity contribution >= 4 is 39.5 Å². The highest BCUT2D eigenvalue weighted by atomic mass is 31.2. The minimum Gasteiger partial charge on any atom is -0.462 e. The Morgan fingerprint density at radius 2 is 0.537 bits per heavy atom. The lowest BCUT2D eigenvalue weighted by atomic mass is 9.99. The smallest absolute Gasteiger partial charge is 0.462 e. The molecule has 0 aromatic carbocycles. The van der Waals surface area contributed by atoms with Gasteiger partial charge in [-0.15, -0.1) is 0 Å². The van der Waals surface area contributed by atoms with Gasteiger partial charge >= 0.3 is 39.5 Å². The number of ether oxygens (including phenoxy) is 4. The number of phosphoric acid groups is 2. The fourth-order valence-corrected chi connectivity index (χ4v) is 13.1. The van der Waals surface area contributed by atoms with Crippen LogP contribution in [-0.2, 0) is 65.4 Å². The molecule has 0 aliphatic rings. The third-order valence-corrected chi connectivity index (χ3v) is 19.9. The summed E-state index contributed by atoms with van der Waals surface area (Å²) in [4.78, 5) is 72.7. The van der Waals surface area contributed by atoms with E-state index in [0.29, 0.717) is 31.6 Å². The Morgan fingerprint density at radius 3 is 0.800 bits per heavy atom. The molecule has 3 unspecified atom stereocenters. The zero-order valence-electron chi connectivity index (χ0n) is 62.1. The van der Waals surface area contributed by atoms with Gasteiger partial charge in [-0.05, 0) is 43.4 Å². The normalized spacial score (nSPS) is 14.4. The largest absolute Gasteiger partial charge is 0.472 e. The Morgan fingerprint density at radius 1 is 0.305 bits per heavy atom. The Hall–Kier alpha value is -1.94. The van der Waals surface area contributed by atoms with E-state index in [0.717, 1.165) is 108 Å². The van der Waals surface area contributed by atoms with E-state index < -0.39 is 97.5 Å². The zero-order valence-corrected chi connectivity index (χ0v) is 63.9. The van der Waals surface area contributed by atoms with Crippen molar-refractivity contribution in [2.75, 3.05) is 39.6 Å². The lowest BCUT2D eigenvalue weighted by molar-refractivity contribution is -0.161. The Labute approximate surface area is 581 Å². The highest BCUT2D eigenvalue weighted by molar-refractivity contribution is 7.47. The maximum Gasteiger partial charge on any atom is 0.472 e. The number of aliphatic hydroxyl groups is 1. The molecule has 0 saturated carbocycles. The van der Waals surface area contributed by atoms with Crippen molar-refractivity contribution in [2.45, 2.75) is 407 Å². The molecule has 19 heteroatoms. The molecule has 0 aliphatic carbocycles. The van der Waals surface area contributed by atoms with Crippen LogP contribution in [0.1, 0.15) is 389 Å². The molecular weight excluding hydrogens is 1250 g/mol. The van der Waals surface area contributed by atoms with Crippen LogP contribution in [0.15, 0.2) is 0 Å². The van der Waals surface area contributed by atoms with E-state index in [-0.39, 0.29) is 25.7 Å². The quantitative estimate of drug-likeness (QED) is 0.0222.